The van der Waals surface area contributed by atoms with Crippen molar-refractivity contribution in [1.29, 1.82) is 0 Å². The van der Waals surface area contributed by atoms with E-state index in [1.165, 1.54) is 16.7 Å². The maximum Gasteiger partial charge on any atom is 0.222 e. The van der Waals surface area contributed by atoms with E-state index in [1.807, 2.05) is 7.11 Å². The first-order valence-corrected chi connectivity index (χ1v) is 9.67. The van der Waals surface area contributed by atoms with E-state index >= 15 is 0 Å². The summed E-state index contributed by atoms with van der Waals surface area (Å²) in [5.74, 6) is 0.313. The number of benzene rings is 1. The minimum absolute atomic E-state index is 0.313. The number of hydrogen-bond acceptors (Lipinski definition) is 3. The van der Waals surface area contributed by atoms with Crippen molar-refractivity contribution in [3.63, 3.8) is 0 Å². The van der Waals surface area contributed by atoms with E-state index in [0.717, 1.165) is 51.9 Å². The fraction of sp³-hybridized carbons (Fsp3) is 0.667. The Morgan fingerprint density at radius 1 is 1.12 bits per heavy atom. The summed E-state index contributed by atoms with van der Waals surface area (Å²) in [5.41, 5.74) is 3.90. The number of hydrogen-bond donors (Lipinski definition) is 0. The molecule has 0 aliphatic carbocycles. The normalized spacial score (nSPS) is 22.5. The van der Waals surface area contributed by atoms with Gasteiger partial charge in [-0.15, -0.1) is 0 Å². The summed E-state index contributed by atoms with van der Waals surface area (Å²) in [7, 11) is 1.81. The molecule has 1 atom stereocenters. The molecule has 0 unspecified atom stereocenters. The summed E-state index contributed by atoms with van der Waals surface area (Å²) >= 11 is 0. The summed E-state index contributed by atoms with van der Waals surface area (Å²) in [6.45, 7) is 8.28. The molecule has 1 aromatic rings. The molecule has 2 saturated heterocycles. The molecule has 0 saturated carbocycles. The lowest BCUT2D eigenvalue weighted by molar-refractivity contribution is -0.132. The number of aryl methyl sites for hydroxylation is 3. The molecule has 2 aliphatic heterocycles. The van der Waals surface area contributed by atoms with Gasteiger partial charge in [-0.2, -0.15) is 0 Å². The minimum atomic E-state index is 0.313. The van der Waals surface area contributed by atoms with Crippen molar-refractivity contribution in [3.05, 3.63) is 34.9 Å². The predicted octanol–water partition coefficient (Wildman–Crippen LogP) is 2.95. The third-order valence-corrected chi connectivity index (χ3v) is 6.04. The fourth-order valence-electron chi connectivity index (χ4n) is 4.13. The number of carbonyl (C=O) groups excluding carboxylic acids is 1. The van der Waals surface area contributed by atoms with Gasteiger partial charge in [0.15, 0.2) is 0 Å². The van der Waals surface area contributed by atoms with E-state index in [4.69, 9.17) is 4.74 Å². The Balaban J connectivity index is 1.43. The van der Waals surface area contributed by atoms with Gasteiger partial charge in [0.1, 0.15) is 0 Å². The fourth-order valence-corrected chi connectivity index (χ4v) is 4.13. The number of methoxy groups -OCH3 is 1. The highest BCUT2D eigenvalue weighted by Gasteiger charge is 2.31. The summed E-state index contributed by atoms with van der Waals surface area (Å²) in [6, 6.07) is 7.16. The van der Waals surface area contributed by atoms with Crippen LogP contribution in [-0.2, 0) is 16.0 Å². The molecule has 0 aromatic heterocycles. The third kappa shape index (κ3) is 4.62. The first-order valence-electron chi connectivity index (χ1n) is 9.67. The number of likely N-dealkylation sites (tertiary alicyclic amines) is 2. The van der Waals surface area contributed by atoms with Gasteiger partial charge in [-0.3, -0.25) is 9.69 Å². The van der Waals surface area contributed by atoms with Crippen LogP contribution in [0.15, 0.2) is 18.2 Å². The van der Waals surface area contributed by atoms with Crippen LogP contribution in [0.2, 0.25) is 0 Å². The lowest BCUT2D eigenvalue weighted by Gasteiger charge is -2.36. The van der Waals surface area contributed by atoms with E-state index in [9.17, 15) is 4.79 Å². The average molecular weight is 344 g/mol. The molecule has 2 heterocycles. The zero-order chi connectivity index (χ0) is 17.8. The molecule has 4 nitrogen and oxygen atoms in total. The van der Waals surface area contributed by atoms with E-state index in [0.29, 0.717) is 24.5 Å². The first kappa shape index (κ1) is 18.4. The Bertz CT molecular complexity index is 594. The van der Waals surface area contributed by atoms with Gasteiger partial charge in [-0.05, 0) is 56.2 Å². The summed E-state index contributed by atoms with van der Waals surface area (Å²) < 4.78 is 5.48. The van der Waals surface area contributed by atoms with Crippen LogP contribution < -0.4 is 0 Å². The second-order valence-corrected chi connectivity index (χ2v) is 7.67. The van der Waals surface area contributed by atoms with E-state index in [2.05, 4.69) is 41.8 Å². The van der Waals surface area contributed by atoms with Crippen LogP contribution >= 0.6 is 0 Å². The quantitative estimate of drug-likeness (QED) is 0.823. The largest absolute Gasteiger partial charge is 0.380 e. The lowest BCUT2D eigenvalue weighted by atomic mass is 10.0. The molecule has 1 aromatic carbocycles. The minimum Gasteiger partial charge on any atom is -0.380 e. The number of carbonyl (C=O) groups is 1. The Morgan fingerprint density at radius 3 is 2.52 bits per heavy atom. The summed E-state index contributed by atoms with van der Waals surface area (Å²) in [5, 5.41) is 0. The Labute approximate surface area is 152 Å². The zero-order valence-corrected chi connectivity index (χ0v) is 16.0. The van der Waals surface area contributed by atoms with Crippen molar-refractivity contribution >= 4 is 5.91 Å². The standard InChI is InChI=1S/C21H32N2O2/c1-16-4-5-18(14-17(16)2)6-7-21(24)22-11-8-19(9-12-22)23-13-10-20(15-23)25-3/h4-5,14,19-20H,6-13,15H2,1-3H3/t20-/m0/s1. The SMILES string of the molecule is CO[C@H]1CCN(C2CCN(C(=O)CCc3ccc(C)c(C)c3)CC2)C1. The smallest absolute Gasteiger partial charge is 0.222 e. The average Bonchev–Trinajstić information content (AvgIpc) is 3.12. The molecule has 0 spiro atoms. The highest BCUT2D eigenvalue weighted by molar-refractivity contribution is 5.76. The highest BCUT2D eigenvalue weighted by Crippen LogP contribution is 2.23. The van der Waals surface area contributed by atoms with Crippen molar-refractivity contribution in [2.45, 2.75) is 58.1 Å². The van der Waals surface area contributed by atoms with Crippen molar-refractivity contribution in [1.82, 2.24) is 9.80 Å². The summed E-state index contributed by atoms with van der Waals surface area (Å²) in [4.78, 5) is 17.2. The van der Waals surface area contributed by atoms with Crippen LogP contribution in [0.4, 0.5) is 0 Å². The van der Waals surface area contributed by atoms with Gasteiger partial charge in [0.25, 0.3) is 0 Å². The second kappa shape index (κ2) is 8.33. The number of amides is 1. The molecule has 25 heavy (non-hydrogen) atoms. The molecule has 3 rings (SSSR count). The molecule has 4 heteroatoms. The van der Waals surface area contributed by atoms with Crippen LogP contribution in [-0.4, -0.2) is 61.1 Å². The van der Waals surface area contributed by atoms with Gasteiger partial charge in [-0.25, -0.2) is 0 Å². The van der Waals surface area contributed by atoms with Gasteiger partial charge < -0.3 is 9.64 Å². The number of rotatable bonds is 5. The van der Waals surface area contributed by atoms with Crippen molar-refractivity contribution in [2.24, 2.45) is 0 Å². The molecule has 0 radical (unpaired) electrons. The number of nitrogens with zero attached hydrogens (tertiary/aromatic N) is 2. The third-order valence-electron chi connectivity index (χ3n) is 6.04. The monoisotopic (exact) mass is 344 g/mol. The topological polar surface area (TPSA) is 32.8 Å². The van der Waals surface area contributed by atoms with Gasteiger partial charge in [-0.1, -0.05) is 18.2 Å². The van der Waals surface area contributed by atoms with Crippen LogP contribution in [0.1, 0.15) is 42.4 Å². The van der Waals surface area contributed by atoms with Crippen molar-refractivity contribution in [2.75, 3.05) is 33.3 Å². The molecule has 2 aliphatic rings. The van der Waals surface area contributed by atoms with Crippen LogP contribution in [0.5, 0.6) is 0 Å². The molecule has 0 N–H and O–H groups in total. The molecule has 138 valence electrons. The number of piperidine rings is 1. The Kier molecular flexibility index (Phi) is 6.13. The Morgan fingerprint density at radius 2 is 1.88 bits per heavy atom. The second-order valence-electron chi connectivity index (χ2n) is 7.67. The van der Waals surface area contributed by atoms with Gasteiger partial charge >= 0.3 is 0 Å². The van der Waals surface area contributed by atoms with Gasteiger partial charge in [0, 0.05) is 45.8 Å². The molecular formula is C21H32N2O2. The van der Waals surface area contributed by atoms with E-state index in [1.54, 1.807) is 0 Å². The van der Waals surface area contributed by atoms with Crippen LogP contribution in [0, 0.1) is 13.8 Å². The molecule has 0 bridgehead atoms. The van der Waals surface area contributed by atoms with Crippen LogP contribution in [0.3, 0.4) is 0 Å². The van der Waals surface area contributed by atoms with E-state index < -0.39 is 0 Å². The van der Waals surface area contributed by atoms with E-state index in [-0.39, 0.29) is 0 Å². The lowest BCUT2D eigenvalue weighted by Crippen LogP contribution is -2.46. The molecule has 2 fully saturated rings. The van der Waals surface area contributed by atoms with Gasteiger partial charge in [0.05, 0.1) is 6.10 Å². The zero-order valence-electron chi connectivity index (χ0n) is 16.0. The molecule has 1 amide bonds. The highest BCUT2D eigenvalue weighted by atomic mass is 16.5. The number of ether oxygens (including phenoxy) is 1. The maximum absolute atomic E-state index is 12.5. The summed E-state index contributed by atoms with van der Waals surface area (Å²) in [6.07, 6.45) is 5.23. The van der Waals surface area contributed by atoms with Crippen molar-refractivity contribution < 1.29 is 9.53 Å². The molecular weight excluding hydrogens is 312 g/mol. The first-order chi connectivity index (χ1) is 12.1. The Hall–Kier alpha value is -1.39. The maximum atomic E-state index is 12.5. The van der Waals surface area contributed by atoms with Crippen molar-refractivity contribution in [3.8, 4) is 0 Å². The van der Waals surface area contributed by atoms with Crippen LogP contribution in [0.25, 0.3) is 0 Å². The predicted molar refractivity (Wildman–Crippen MR) is 101 cm³/mol. The van der Waals surface area contributed by atoms with Gasteiger partial charge in [0.2, 0.25) is 5.91 Å².